The molecule has 5 rings (SSSR count). The van der Waals surface area contributed by atoms with Gasteiger partial charge in [-0.1, -0.05) is 53.9 Å². The van der Waals surface area contributed by atoms with Crippen molar-refractivity contribution in [3.63, 3.8) is 0 Å². The second-order valence-electron chi connectivity index (χ2n) is 10.0. The summed E-state index contributed by atoms with van der Waals surface area (Å²) in [7, 11) is -9.68. The van der Waals surface area contributed by atoms with Crippen molar-refractivity contribution in [1.82, 2.24) is 0 Å². The van der Waals surface area contributed by atoms with Gasteiger partial charge >= 0.3 is 20.8 Å². The molecule has 0 saturated heterocycles. The lowest BCUT2D eigenvalue weighted by molar-refractivity contribution is 0.370. The Morgan fingerprint density at radius 2 is 1.00 bits per heavy atom. The maximum Gasteiger partial charge on any atom is 0.446 e. The van der Waals surface area contributed by atoms with Crippen LogP contribution in [0, 0.1) is 0 Å². The zero-order valence-electron chi connectivity index (χ0n) is 24.7. The van der Waals surface area contributed by atoms with Crippen LogP contribution in [0.1, 0.15) is 11.1 Å². The molecule has 0 aromatic heterocycles. The molecule has 0 aliphatic carbocycles. The Labute approximate surface area is 350 Å². The summed E-state index contributed by atoms with van der Waals surface area (Å²) in [5.74, 6) is 0.918. The first kappa shape index (κ1) is 40.5. The standard InChI is InChI=1S/C31H17Br7O11S2/c32-17-2-1-15(21(34)11-17)9-16-10-20(45-19-4-6-26(23(36)13-19)48-50(39,40)41)14-24(37)30(16)47-27-7-8-28(49-51(42,43)44)31(29(27)38)46-25-5-3-18(33)12-22(25)35/h1-8,10-14H,9H2,(H,39,40,41)(H,42,43,44). The van der Waals surface area contributed by atoms with E-state index in [1.54, 1.807) is 30.3 Å². The zero-order valence-corrected chi connectivity index (χ0v) is 37.5. The molecule has 0 spiro atoms. The molecule has 0 atom stereocenters. The maximum atomic E-state index is 11.7. The maximum absolute atomic E-state index is 11.7. The fourth-order valence-corrected chi connectivity index (χ4v) is 8.95. The van der Waals surface area contributed by atoms with Crippen molar-refractivity contribution in [3.05, 3.63) is 121 Å². The van der Waals surface area contributed by atoms with Crippen molar-refractivity contribution in [1.29, 1.82) is 0 Å². The second-order valence-corrected chi connectivity index (χ2v) is 18.1. The van der Waals surface area contributed by atoms with E-state index in [-0.39, 0.29) is 31.9 Å². The predicted octanol–water partition coefficient (Wildman–Crippen LogP) is 12.4. The molecule has 2 N–H and O–H groups in total. The lowest BCUT2D eigenvalue weighted by Crippen LogP contribution is -2.08. The van der Waals surface area contributed by atoms with Crippen LogP contribution in [0.25, 0.3) is 0 Å². The van der Waals surface area contributed by atoms with Crippen LogP contribution in [0.3, 0.4) is 0 Å². The van der Waals surface area contributed by atoms with E-state index in [2.05, 4.69) is 116 Å². The average molecular weight is 1190 g/mol. The highest BCUT2D eigenvalue weighted by atomic mass is 79.9. The molecule has 268 valence electrons. The molecular formula is C31H17Br7O11S2. The van der Waals surface area contributed by atoms with Crippen LogP contribution in [0.2, 0.25) is 0 Å². The van der Waals surface area contributed by atoms with E-state index < -0.39 is 20.8 Å². The zero-order chi connectivity index (χ0) is 37.2. The van der Waals surface area contributed by atoms with Gasteiger partial charge in [-0.15, -0.1) is 0 Å². The van der Waals surface area contributed by atoms with Gasteiger partial charge in [0.05, 0.1) is 13.4 Å². The molecule has 5 aromatic carbocycles. The summed E-state index contributed by atoms with van der Waals surface area (Å²) in [6, 6.07) is 21.1. The minimum atomic E-state index is -4.93. The summed E-state index contributed by atoms with van der Waals surface area (Å²) in [5, 5.41) is 0. The van der Waals surface area contributed by atoms with Crippen LogP contribution < -0.4 is 22.6 Å². The Hall–Kier alpha value is -1.72. The molecule has 20 heteroatoms. The summed E-state index contributed by atoms with van der Waals surface area (Å²) < 4.78 is 96.1. The third-order valence-corrected chi connectivity index (χ3v) is 11.4. The quantitative estimate of drug-likeness (QED) is 0.115. The van der Waals surface area contributed by atoms with Crippen molar-refractivity contribution in [2.45, 2.75) is 6.42 Å². The molecule has 0 aliphatic rings. The van der Waals surface area contributed by atoms with Gasteiger partial charge in [0, 0.05) is 25.4 Å². The molecule has 0 unspecified atom stereocenters. The van der Waals surface area contributed by atoms with Gasteiger partial charge in [-0.3, -0.25) is 9.11 Å². The third kappa shape index (κ3) is 11.2. The molecule has 0 heterocycles. The molecule has 0 bridgehead atoms. The highest BCUT2D eigenvalue weighted by molar-refractivity contribution is 9.11. The SMILES string of the molecule is O=S(=O)(O)Oc1ccc(Oc2cc(Br)c(Oc3ccc(OS(=O)(=O)O)c(Oc4ccc(Br)cc4Br)c3Br)c(Cc3ccc(Br)cc3Br)c2)cc1Br. The Kier molecular flexibility index (Phi) is 13.3. The van der Waals surface area contributed by atoms with E-state index in [1.165, 1.54) is 30.3 Å². The minimum absolute atomic E-state index is 0.117. The smallest absolute Gasteiger partial charge is 0.446 e. The molecular weight excluding hydrogens is 1170 g/mol. The van der Waals surface area contributed by atoms with Crippen LogP contribution >= 0.6 is 112 Å². The van der Waals surface area contributed by atoms with E-state index in [9.17, 15) is 21.4 Å². The Balaban J connectivity index is 1.58. The highest BCUT2D eigenvalue weighted by Crippen LogP contribution is 2.49. The predicted molar refractivity (Wildman–Crippen MR) is 213 cm³/mol. The first-order chi connectivity index (χ1) is 23.8. The molecule has 0 fully saturated rings. The van der Waals surface area contributed by atoms with E-state index >= 15 is 0 Å². The number of hydrogen-bond donors (Lipinski definition) is 2. The topological polar surface area (TPSA) is 155 Å². The summed E-state index contributed by atoms with van der Waals surface area (Å²) >= 11 is 24.2. The van der Waals surface area contributed by atoms with Crippen molar-refractivity contribution >= 4 is 132 Å². The third-order valence-electron chi connectivity index (χ3n) is 6.36. The average Bonchev–Trinajstić information content (AvgIpc) is 3.00. The summed E-state index contributed by atoms with van der Waals surface area (Å²) in [4.78, 5) is 0. The number of rotatable bonds is 12. The van der Waals surface area contributed by atoms with Crippen LogP contribution in [-0.4, -0.2) is 25.9 Å². The summed E-state index contributed by atoms with van der Waals surface area (Å²) in [5.41, 5.74) is 1.53. The molecule has 0 amide bonds. The fraction of sp³-hybridized carbons (Fsp3) is 0.0323. The van der Waals surface area contributed by atoms with Crippen LogP contribution in [-0.2, 0) is 27.2 Å². The minimum Gasteiger partial charge on any atom is -0.457 e. The monoisotopic (exact) mass is 1180 g/mol. The van der Waals surface area contributed by atoms with E-state index in [0.717, 1.165) is 19.0 Å². The molecule has 11 nitrogen and oxygen atoms in total. The number of halogens is 7. The van der Waals surface area contributed by atoms with Crippen molar-refractivity contribution in [2.75, 3.05) is 0 Å². The van der Waals surface area contributed by atoms with Crippen LogP contribution in [0.4, 0.5) is 0 Å². The number of hydrogen-bond acceptors (Lipinski definition) is 9. The van der Waals surface area contributed by atoms with Gasteiger partial charge in [-0.05, 0) is 142 Å². The number of ether oxygens (including phenoxy) is 3. The van der Waals surface area contributed by atoms with E-state index in [0.29, 0.717) is 43.9 Å². The summed E-state index contributed by atoms with van der Waals surface area (Å²) in [6.07, 6.45) is 0.334. The van der Waals surface area contributed by atoms with Crippen molar-refractivity contribution < 1.29 is 48.5 Å². The van der Waals surface area contributed by atoms with E-state index in [1.807, 2.05) is 18.2 Å². The molecule has 5 aromatic rings. The van der Waals surface area contributed by atoms with Crippen LogP contribution in [0.15, 0.2) is 110 Å². The Bertz CT molecular complexity index is 2380. The van der Waals surface area contributed by atoms with Gasteiger partial charge in [-0.25, -0.2) is 0 Å². The highest BCUT2D eigenvalue weighted by Gasteiger charge is 2.24. The van der Waals surface area contributed by atoms with Gasteiger partial charge in [-0.2, -0.15) is 16.8 Å². The fourth-order valence-electron chi connectivity index (χ4n) is 4.31. The lowest BCUT2D eigenvalue weighted by Gasteiger charge is -2.19. The molecule has 0 saturated carbocycles. The van der Waals surface area contributed by atoms with Gasteiger partial charge in [0.1, 0.15) is 33.2 Å². The second kappa shape index (κ2) is 16.7. The van der Waals surface area contributed by atoms with Crippen LogP contribution in [0.5, 0.6) is 46.0 Å². The molecule has 51 heavy (non-hydrogen) atoms. The first-order valence-electron chi connectivity index (χ1n) is 13.6. The van der Waals surface area contributed by atoms with Gasteiger partial charge in [0.2, 0.25) is 0 Å². The van der Waals surface area contributed by atoms with Crippen molar-refractivity contribution in [3.8, 4) is 46.0 Å². The number of benzene rings is 5. The Morgan fingerprint density at radius 3 is 1.63 bits per heavy atom. The largest absolute Gasteiger partial charge is 0.457 e. The molecule has 0 aliphatic heterocycles. The molecule has 0 radical (unpaired) electrons. The van der Waals surface area contributed by atoms with Gasteiger partial charge in [0.15, 0.2) is 17.2 Å². The normalized spacial score (nSPS) is 11.6. The lowest BCUT2D eigenvalue weighted by atomic mass is 10.0. The van der Waals surface area contributed by atoms with Crippen molar-refractivity contribution in [2.24, 2.45) is 0 Å². The van der Waals surface area contributed by atoms with E-state index in [4.69, 9.17) is 22.9 Å². The summed E-state index contributed by atoms with van der Waals surface area (Å²) in [6.45, 7) is 0. The van der Waals surface area contributed by atoms with Gasteiger partial charge < -0.3 is 22.6 Å². The first-order valence-corrected chi connectivity index (χ1v) is 21.8. The Morgan fingerprint density at radius 1 is 0.471 bits per heavy atom. The van der Waals surface area contributed by atoms with Gasteiger partial charge in [0.25, 0.3) is 0 Å².